The molecule has 162 valence electrons. The molecule has 0 amide bonds. The van der Waals surface area contributed by atoms with Gasteiger partial charge in [-0.25, -0.2) is 0 Å². The fourth-order valence-corrected chi connectivity index (χ4v) is 4.97. The Morgan fingerprint density at radius 3 is 2.65 bits per heavy atom. The number of ether oxygens (including phenoxy) is 1. The second kappa shape index (κ2) is 9.10. The van der Waals surface area contributed by atoms with Crippen LogP contribution < -0.4 is 10.2 Å². The standard InChI is InChI=1S/C24H27BrN4OS/c1-15-13-18(8-9-20(15)25)29-23(19-14-16(2)28(17(19)3)11-12-30-4)22(27-24(29)31)21-7-5-6-10-26-21/h5-10,13-14,22-23H,11-12H2,1-4H3,(H,27,31)/t22-,23-/m1/s1. The summed E-state index contributed by atoms with van der Waals surface area (Å²) in [6, 6.07) is 14.6. The molecule has 1 aromatic carbocycles. The minimum Gasteiger partial charge on any atom is -0.383 e. The zero-order chi connectivity index (χ0) is 22.1. The van der Waals surface area contributed by atoms with Gasteiger partial charge in [0.15, 0.2) is 5.11 Å². The van der Waals surface area contributed by atoms with Crippen LogP contribution >= 0.6 is 28.1 Å². The first-order valence-electron chi connectivity index (χ1n) is 10.3. The molecule has 0 unspecified atom stereocenters. The van der Waals surface area contributed by atoms with Crippen molar-refractivity contribution in [2.24, 2.45) is 0 Å². The van der Waals surface area contributed by atoms with Crippen LogP contribution in [0.1, 0.15) is 40.3 Å². The van der Waals surface area contributed by atoms with Crippen molar-refractivity contribution < 1.29 is 4.74 Å². The van der Waals surface area contributed by atoms with Gasteiger partial charge in [0.2, 0.25) is 0 Å². The van der Waals surface area contributed by atoms with E-state index in [9.17, 15) is 0 Å². The Labute approximate surface area is 197 Å². The Bertz CT molecular complexity index is 1100. The first kappa shape index (κ1) is 22.0. The van der Waals surface area contributed by atoms with Gasteiger partial charge in [0.1, 0.15) is 0 Å². The van der Waals surface area contributed by atoms with E-state index in [1.807, 2.05) is 18.3 Å². The topological polar surface area (TPSA) is 42.3 Å². The highest BCUT2D eigenvalue weighted by Crippen LogP contribution is 2.43. The van der Waals surface area contributed by atoms with Gasteiger partial charge in [0.05, 0.1) is 24.4 Å². The Morgan fingerprint density at radius 2 is 1.97 bits per heavy atom. The molecule has 0 radical (unpaired) electrons. The first-order chi connectivity index (χ1) is 14.9. The van der Waals surface area contributed by atoms with Gasteiger partial charge in [-0.05, 0) is 80.5 Å². The van der Waals surface area contributed by atoms with Gasteiger partial charge < -0.3 is 19.5 Å². The summed E-state index contributed by atoms with van der Waals surface area (Å²) < 4.78 is 8.74. The van der Waals surface area contributed by atoms with Crippen LogP contribution in [0.5, 0.6) is 0 Å². The maximum atomic E-state index is 5.85. The van der Waals surface area contributed by atoms with E-state index in [1.165, 1.54) is 22.5 Å². The largest absolute Gasteiger partial charge is 0.383 e. The van der Waals surface area contributed by atoms with Crippen molar-refractivity contribution in [3.63, 3.8) is 0 Å². The summed E-state index contributed by atoms with van der Waals surface area (Å²) in [5.74, 6) is 0. The van der Waals surface area contributed by atoms with Crippen molar-refractivity contribution in [3.8, 4) is 0 Å². The third-order valence-corrected chi connectivity index (χ3v) is 7.17. The van der Waals surface area contributed by atoms with Gasteiger partial charge in [-0.2, -0.15) is 0 Å². The van der Waals surface area contributed by atoms with E-state index in [0.717, 1.165) is 22.4 Å². The summed E-state index contributed by atoms with van der Waals surface area (Å²) in [4.78, 5) is 6.89. The van der Waals surface area contributed by atoms with E-state index in [4.69, 9.17) is 17.0 Å². The molecule has 0 bridgehead atoms. The number of pyridine rings is 1. The number of nitrogens with zero attached hydrogens (tertiary/aromatic N) is 3. The smallest absolute Gasteiger partial charge is 0.174 e. The minimum absolute atomic E-state index is 0.00882. The predicted octanol–water partition coefficient (Wildman–Crippen LogP) is 5.39. The molecule has 0 aliphatic carbocycles. The summed E-state index contributed by atoms with van der Waals surface area (Å²) in [6.07, 6.45) is 1.84. The van der Waals surface area contributed by atoms with Crippen molar-refractivity contribution in [2.75, 3.05) is 18.6 Å². The molecule has 4 rings (SSSR count). The van der Waals surface area contributed by atoms with Gasteiger partial charge in [-0.3, -0.25) is 4.98 Å². The van der Waals surface area contributed by atoms with Crippen LogP contribution in [0.4, 0.5) is 5.69 Å². The molecule has 31 heavy (non-hydrogen) atoms. The molecular weight excluding hydrogens is 472 g/mol. The maximum Gasteiger partial charge on any atom is 0.174 e. The molecule has 1 aliphatic rings. The zero-order valence-electron chi connectivity index (χ0n) is 18.2. The third-order valence-electron chi connectivity index (χ3n) is 5.97. The van der Waals surface area contributed by atoms with Crippen LogP contribution in [0.15, 0.2) is 53.1 Å². The number of thiocarbonyl (C=S) groups is 1. The molecule has 1 saturated heterocycles. The fourth-order valence-electron chi connectivity index (χ4n) is 4.38. The quantitative estimate of drug-likeness (QED) is 0.461. The molecule has 0 spiro atoms. The molecule has 2 atom stereocenters. The number of rotatable bonds is 6. The Kier molecular flexibility index (Phi) is 6.46. The van der Waals surface area contributed by atoms with E-state index in [-0.39, 0.29) is 12.1 Å². The average Bonchev–Trinajstić information content (AvgIpc) is 3.25. The lowest BCUT2D eigenvalue weighted by Crippen LogP contribution is -2.29. The normalized spacial score (nSPS) is 18.5. The van der Waals surface area contributed by atoms with Crippen LogP contribution in [0.25, 0.3) is 0 Å². The number of methoxy groups -OCH3 is 1. The predicted molar refractivity (Wildman–Crippen MR) is 133 cm³/mol. The summed E-state index contributed by atoms with van der Waals surface area (Å²) in [5, 5.41) is 4.26. The van der Waals surface area contributed by atoms with Crippen LogP contribution in [-0.2, 0) is 11.3 Å². The number of hydrogen-bond acceptors (Lipinski definition) is 3. The number of benzene rings is 1. The lowest BCUT2D eigenvalue weighted by atomic mass is 9.96. The molecule has 1 aliphatic heterocycles. The molecular formula is C24H27BrN4OS. The van der Waals surface area contributed by atoms with Crippen LogP contribution in [0.2, 0.25) is 0 Å². The average molecular weight is 499 g/mol. The lowest BCUT2D eigenvalue weighted by Gasteiger charge is -2.28. The number of anilines is 1. The number of hydrogen-bond donors (Lipinski definition) is 1. The van der Waals surface area contributed by atoms with Crippen LogP contribution in [0, 0.1) is 20.8 Å². The Morgan fingerprint density at radius 1 is 1.16 bits per heavy atom. The number of nitrogens with one attached hydrogen (secondary N) is 1. The second-order valence-electron chi connectivity index (χ2n) is 7.90. The molecule has 1 fully saturated rings. The molecule has 7 heteroatoms. The first-order valence-corrected chi connectivity index (χ1v) is 11.5. The number of halogens is 1. The highest BCUT2D eigenvalue weighted by Gasteiger charge is 2.42. The zero-order valence-corrected chi connectivity index (χ0v) is 20.6. The van der Waals surface area contributed by atoms with Gasteiger partial charge in [0.25, 0.3) is 0 Å². The molecule has 2 aromatic heterocycles. The highest BCUT2D eigenvalue weighted by molar-refractivity contribution is 9.10. The van der Waals surface area contributed by atoms with Crippen molar-refractivity contribution in [1.29, 1.82) is 0 Å². The SMILES string of the molecule is COCCn1c(C)cc([C@@H]2[C@@H](c3ccccn3)NC(=S)N2c2ccc(Br)c(C)c2)c1C. The number of aryl methyl sites for hydroxylation is 2. The van der Waals surface area contributed by atoms with Gasteiger partial charge in [-0.15, -0.1) is 0 Å². The van der Waals surface area contributed by atoms with E-state index in [2.05, 4.69) is 86.8 Å². The molecule has 3 heterocycles. The Hall–Kier alpha value is -2.22. The van der Waals surface area contributed by atoms with Crippen molar-refractivity contribution >= 4 is 38.9 Å². The van der Waals surface area contributed by atoms with Crippen molar-refractivity contribution in [3.05, 3.63) is 81.3 Å². The van der Waals surface area contributed by atoms with E-state index < -0.39 is 0 Å². The molecule has 0 saturated carbocycles. The molecule has 3 aromatic rings. The van der Waals surface area contributed by atoms with Gasteiger partial charge in [-0.1, -0.05) is 22.0 Å². The minimum atomic E-state index is -0.0472. The Balaban J connectivity index is 1.85. The van der Waals surface area contributed by atoms with Crippen molar-refractivity contribution in [1.82, 2.24) is 14.9 Å². The number of aromatic nitrogens is 2. The van der Waals surface area contributed by atoms with E-state index in [0.29, 0.717) is 11.7 Å². The van der Waals surface area contributed by atoms with Crippen molar-refractivity contribution in [2.45, 2.75) is 39.4 Å². The fraction of sp³-hybridized carbons (Fsp3) is 0.333. The highest BCUT2D eigenvalue weighted by atomic mass is 79.9. The summed E-state index contributed by atoms with van der Waals surface area (Å²) in [6.45, 7) is 7.93. The molecule has 1 N–H and O–H groups in total. The van der Waals surface area contributed by atoms with Crippen LogP contribution in [-0.4, -0.2) is 28.4 Å². The maximum absolute atomic E-state index is 5.85. The van der Waals surface area contributed by atoms with Gasteiger partial charge >= 0.3 is 0 Å². The third kappa shape index (κ3) is 4.14. The van der Waals surface area contributed by atoms with E-state index in [1.54, 1.807) is 7.11 Å². The van der Waals surface area contributed by atoms with E-state index >= 15 is 0 Å². The second-order valence-corrected chi connectivity index (χ2v) is 9.14. The summed E-state index contributed by atoms with van der Waals surface area (Å²) in [5.41, 5.74) is 6.92. The monoisotopic (exact) mass is 498 g/mol. The van der Waals surface area contributed by atoms with Crippen LogP contribution in [0.3, 0.4) is 0 Å². The summed E-state index contributed by atoms with van der Waals surface area (Å²) in [7, 11) is 1.74. The lowest BCUT2D eigenvalue weighted by molar-refractivity contribution is 0.186. The molecule has 5 nitrogen and oxygen atoms in total. The summed E-state index contributed by atoms with van der Waals surface area (Å²) >= 11 is 9.47. The van der Waals surface area contributed by atoms with Gasteiger partial charge in [0, 0.05) is 41.4 Å².